The zero-order valence-corrected chi connectivity index (χ0v) is 15.7. The first kappa shape index (κ1) is 18.0. The molecule has 0 saturated carbocycles. The van der Waals surface area contributed by atoms with Gasteiger partial charge in [-0.3, -0.25) is 9.59 Å². The highest BCUT2D eigenvalue weighted by molar-refractivity contribution is 9.10. The highest BCUT2D eigenvalue weighted by Gasteiger charge is 2.39. The monoisotopic (exact) mass is 417 g/mol. The Balaban J connectivity index is 2.11. The summed E-state index contributed by atoms with van der Waals surface area (Å²) in [4.78, 5) is 24.3. The van der Waals surface area contributed by atoms with E-state index in [2.05, 4.69) is 21.2 Å². The molecular formula is C19H16BrNO5. The van der Waals surface area contributed by atoms with Crippen LogP contribution in [0.3, 0.4) is 0 Å². The zero-order valence-electron chi connectivity index (χ0n) is 14.1. The SMILES string of the molecule is COc1ccc([C@@H]2NC(=O)C(=O)C2=C(O)c2ccc(Br)cc2)cc1OC. The maximum atomic E-state index is 12.4. The van der Waals surface area contributed by atoms with E-state index < -0.39 is 17.7 Å². The number of halogens is 1. The minimum Gasteiger partial charge on any atom is -0.507 e. The summed E-state index contributed by atoms with van der Waals surface area (Å²) in [6.45, 7) is 0. The van der Waals surface area contributed by atoms with E-state index in [1.807, 2.05) is 0 Å². The summed E-state index contributed by atoms with van der Waals surface area (Å²) in [6, 6.07) is 11.1. The van der Waals surface area contributed by atoms with Gasteiger partial charge in [0.1, 0.15) is 5.76 Å². The van der Waals surface area contributed by atoms with Crippen molar-refractivity contribution in [1.29, 1.82) is 0 Å². The molecule has 1 saturated heterocycles. The fraction of sp³-hybridized carbons (Fsp3) is 0.158. The summed E-state index contributed by atoms with van der Waals surface area (Å²) in [5, 5.41) is 13.3. The molecule has 2 N–H and O–H groups in total. The largest absolute Gasteiger partial charge is 0.507 e. The van der Waals surface area contributed by atoms with Crippen molar-refractivity contribution in [2.75, 3.05) is 14.2 Å². The summed E-state index contributed by atoms with van der Waals surface area (Å²) in [5.74, 6) is -0.773. The molecule has 134 valence electrons. The van der Waals surface area contributed by atoms with Crippen molar-refractivity contribution in [3.05, 3.63) is 63.6 Å². The zero-order chi connectivity index (χ0) is 18.8. The molecule has 0 bridgehead atoms. The molecule has 3 rings (SSSR count). The van der Waals surface area contributed by atoms with Gasteiger partial charge in [-0.2, -0.15) is 0 Å². The molecule has 1 aliphatic heterocycles. The predicted octanol–water partition coefficient (Wildman–Crippen LogP) is 3.18. The lowest BCUT2D eigenvalue weighted by Gasteiger charge is -2.16. The van der Waals surface area contributed by atoms with Crippen LogP contribution in [0.1, 0.15) is 17.2 Å². The molecular weight excluding hydrogens is 402 g/mol. The maximum absolute atomic E-state index is 12.4. The molecule has 1 atom stereocenters. The first-order chi connectivity index (χ1) is 12.5. The lowest BCUT2D eigenvalue weighted by Crippen LogP contribution is -2.21. The Morgan fingerprint density at radius 2 is 1.69 bits per heavy atom. The van der Waals surface area contributed by atoms with Crippen molar-refractivity contribution in [3.63, 3.8) is 0 Å². The number of rotatable bonds is 4. The van der Waals surface area contributed by atoms with Gasteiger partial charge >= 0.3 is 0 Å². The third kappa shape index (κ3) is 3.17. The molecule has 1 fully saturated rings. The fourth-order valence-electron chi connectivity index (χ4n) is 2.81. The fourth-order valence-corrected chi connectivity index (χ4v) is 3.08. The number of ether oxygens (including phenoxy) is 2. The van der Waals surface area contributed by atoms with Crippen LogP contribution in [0.4, 0.5) is 0 Å². The number of benzene rings is 2. The summed E-state index contributed by atoms with van der Waals surface area (Å²) in [7, 11) is 3.01. The van der Waals surface area contributed by atoms with E-state index in [4.69, 9.17) is 9.47 Å². The quantitative estimate of drug-likeness (QED) is 0.453. The number of Topliss-reactive ketones (excluding diaryl/α,β-unsaturated/α-hetero) is 1. The Morgan fingerprint density at radius 3 is 2.31 bits per heavy atom. The van der Waals surface area contributed by atoms with Crippen LogP contribution in [0, 0.1) is 0 Å². The van der Waals surface area contributed by atoms with Crippen molar-refractivity contribution >= 4 is 33.4 Å². The van der Waals surface area contributed by atoms with Crippen molar-refractivity contribution in [2.45, 2.75) is 6.04 Å². The Hall–Kier alpha value is -2.80. The summed E-state index contributed by atoms with van der Waals surface area (Å²) >= 11 is 3.32. The van der Waals surface area contributed by atoms with E-state index in [0.29, 0.717) is 22.6 Å². The van der Waals surface area contributed by atoms with Crippen molar-refractivity contribution in [2.24, 2.45) is 0 Å². The lowest BCUT2D eigenvalue weighted by molar-refractivity contribution is -0.133. The summed E-state index contributed by atoms with van der Waals surface area (Å²) in [5.41, 5.74) is 1.04. The Labute approximate surface area is 158 Å². The van der Waals surface area contributed by atoms with Crippen LogP contribution < -0.4 is 14.8 Å². The number of aliphatic hydroxyl groups excluding tert-OH is 1. The average molecular weight is 418 g/mol. The molecule has 0 unspecified atom stereocenters. The van der Waals surface area contributed by atoms with E-state index in [-0.39, 0.29) is 11.3 Å². The summed E-state index contributed by atoms with van der Waals surface area (Å²) in [6.07, 6.45) is 0. The molecule has 2 aromatic rings. The molecule has 1 amide bonds. The molecule has 0 radical (unpaired) electrons. The minimum absolute atomic E-state index is 0.00421. The lowest BCUT2D eigenvalue weighted by atomic mass is 9.95. The number of aliphatic hydroxyl groups is 1. The van der Waals surface area contributed by atoms with Gasteiger partial charge in [-0.15, -0.1) is 0 Å². The maximum Gasteiger partial charge on any atom is 0.293 e. The molecule has 6 nitrogen and oxygen atoms in total. The van der Waals surface area contributed by atoms with Crippen molar-refractivity contribution in [3.8, 4) is 11.5 Å². The third-order valence-electron chi connectivity index (χ3n) is 4.13. The molecule has 0 aliphatic carbocycles. The van der Waals surface area contributed by atoms with E-state index in [0.717, 1.165) is 4.47 Å². The normalized spacial score (nSPS) is 18.5. The number of nitrogens with one attached hydrogen (secondary N) is 1. The van der Waals surface area contributed by atoms with E-state index >= 15 is 0 Å². The Bertz CT molecular complexity index is 905. The van der Waals surface area contributed by atoms with Gasteiger partial charge < -0.3 is 19.9 Å². The number of amides is 1. The van der Waals surface area contributed by atoms with Crippen molar-refractivity contribution in [1.82, 2.24) is 5.32 Å². The molecule has 2 aromatic carbocycles. The number of ketones is 1. The average Bonchev–Trinajstić information content (AvgIpc) is 2.96. The smallest absolute Gasteiger partial charge is 0.293 e. The topological polar surface area (TPSA) is 84.9 Å². The second-order valence-corrected chi connectivity index (χ2v) is 6.53. The summed E-state index contributed by atoms with van der Waals surface area (Å²) < 4.78 is 11.3. The van der Waals surface area contributed by atoms with Crippen LogP contribution in [0.2, 0.25) is 0 Å². The van der Waals surface area contributed by atoms with E-state index in [1.165, 1.54) is 14.2 Å². The van der Waals surface area contributed by atoms with E-state index in [9.17, 15) is 14.7 Å². The van der Waals surface area contributed by atoms with Crippen molar-refractivity contribution < 1.29 is 24.2 Å². The number of hydrogen-bond acceptors (Lipinski definition) is 5. The number of hydrogen-bond donors (Lipinski definition) is 2. The highest BCUT2D eigenvalue weighted by atomic mass is 79.9. The van der Waals surface area contributed by atoms with Crippen LogP contribution >= 0.6 is 15.9 Å². The molecule has 0 aromatic heterocycles. The van der Waals surface area contributed by atoms with Gasteiger partial charge in [-0.25, -0.2) is 0 Å². The predicted molar refractivity (Wildman–Crippen MR) is 99.1 cm³/mol. The van der Waals surface area contributed by atoms with E-state index in [1.54, 1.807) is 42.5 Å². The van der Waals surface area contributed by atoms with Crippen LogP contribution in [-0.2, 0) is 9.59 Å². The number of carbonyl (C=O) groups is 2. The first-order valence-corrected chi connectivity index (χ1v) is 8.51. The first-order valence-electron chi connectivity index (χ1n) is 7.72. The standard InChI is InChI=1S/C19H16BrNO5/c1-25-13-8-5-11(9-14(13)26-2)16-15(18(23)19(24)21-16)17(22)10-3-6-12(20)7-4-10/h3-9,16,22H,1-2H3,(H,21,24)/t16-/m0/s1. The highest BCUT2D eigenvalue weighted by Crippen LogP contribution is 2.37. The number of carbonyl (C=O) groups excluding carboxylic acids is 2. The minimum atomic E-state index is -0.779. The van der Waals surface area contributed by atoms with Gasteiger partial charge in [0.15, 0.2) is 11.5 Å². The molecule has 26 heavy (non-hydrogen) atoms. The Morgan fingerprint density at radius 1 is 1.04 bits per heavy atom. The van der Waals surface area contributed by atoms with Gasteiger partial charge in [-0.05, 0) is 29.8 Å². The van der Waals surface area contributed by atoms with Crippen LogP contribution in [-0.4, -0.2) is 31.0 Å². The molecule has 7 heteroatoms. The Kier molecular flexibility index (Phi) is 4.99. The van der Waals surface area contributed by atoms with Gasteiger partial charge in [0, 0.05) is 10.0 Å². The van der Waals surface area contributed by atoms with Crippen LogP contribution in [0.5, 0.6) is 11.5 Å². The molecule has 1 heterocycles. The van der Waals surface area contributed by atoms with Crippen LogP contribution in [0.15, 0.2) is 52.5 Å². The van der Waals surface area contributed by atoms with Gasteiger partial charge in [0.25, 0.3) is 11.7 Å². The number of methoxy groups -OCH3 is 2. The molecule has 1 aliphatic rings. The second kappa shape index (κ2) is 7.21. The van der Waals surface area contributed by atoms with Gasteiger partial charge in [0.05, 0.1) is 25.8 Å². The van der Waals surface area contributed by atoms with Gasteiger partial charge in [0.2, 0.25) is 0 Å². The van der Waals surface area contributed by atoms with Crippen LogP contribution in [0.25, 0.3) is 5.76 Å². The second-order valence-electron chi connectivity index (χ2n) is 5.62. The van der Waals surface area contributed by atoms with Gasteiger partial charge in [-0.1, -0.05) is 34.1 Å². The third-order valence-corrected chi connectivity index (χ3v) is 4.66. The molecule has 0 spiro atoms.